The molecule has 1 aliphatic heterocycles. The second-order valence-corrected chi connectivity index (χ2v) is 8.29. The number of piperidine rings is 1. The molecule has 0 atom stereocenters. The largest absolute Gasteiger partial charge is 0.455 e. The lowest BCUT2D eigenvalue weighted by molar-refractivity contribution is -0.0247. The Bertz CT molecular complexity index is 833. The molecule has 0 aromatic carbocycles. The molecule has 0 aliphatic carbocycles. The van der Waals surface area contributed by atoms with Crippen LogP contribution in [0.15, 0.2) is 34.9 Å². The molecule has 0 unspecified atom stereocenters. The molecule has 7 heteroatoms. The topological polar surface area (TPSA) is 69.8 Å². The van der Waals surface area contributed by atoms with Crippen LogP contribution in [0, 0.1) is 5.95 Å². The summed E-state index contributed by atoms with van der Waals surface area (Å²) in [6, 6.07) is 7.44. The summed E-state index contributed by atoms with van der Waals surface area (Å²) in [7, 11) is 0. The van der Waals surface area contributed by atoms with E-state index in [1.807, 2.05) is 6.07 Å². The quantitative estimate of drug-likeness (QED) is 0.747. The third-order valence-electron chi connectivity index (χ3n) is 5.68. The highest BCUT2D eigenvalue weighted by molar-refractivity contribution is 5.91. The Morgan fingerprint density at radius 3 is 2.48 bits per heavy atom. The molecule has 1 amide bonds. The molecule has 1 fully saturated rings. The van der Waals surface area contributed by atoms with E-state index in [-0.39, 0.29) is 24.3 Å². The first-order chi connectivity index (χ1) is 13.7. The van der Waals surface area contributed by atoms with Crippen LogP contribution in [0.5, 0.6) is 0 Å². The number of pyridine rings is 1. The average molecular weight is 403 g/mol. The number of rotatable bonds is 6. The summed E-state index contributed by atoms with van der Waals surface area (Å²) >= 11 is 0. The lowest BCUT2D eigenvalue weighted by atomic mass is 9.85. The Morgan fingerprint density at radius 2 is 1.90 bits per heavy atom. The molecule has 6 nitrogen and oxygen atoms in total. The van der Waals surface area contributed by atoms with Gasteiger partial charge in [-0.05, 0) is 58.7 Å². The molecule has 2 aromatic heterocycles. The summed E-state index contributed by atoms with van der Waals surface area (Å²) in [5.41, 5.74) is -1.12. The van der Waals surface area contributed by atoms with E-state index in [9.17, 15) is 14.3 Å². The van der Waals surface area contributed by atoms with E-state index in [4.69, 9.17) is 4.42 Å². The third-order valence-corrected chi connectivity index (χ3v) is 5.68. The molecular formula is C22H30FN3O3. The number of aliphatic hydroxyl groups is 1. The fourth-order valence-electron chi connectivity index (χ4n) is 3.96. The normalized spacial score (nSPS) is 16.8. The SMILES string of the molecule is CC(C)N(Cc1ccc(C(=O)N2CCC(O)(c3cccnc3F)CC2)o1)C(C)C. The maximum absolute atomic E-state index is 14.0. The number of aromatic nitrogens is 1. The first kappa shape index (κ1) is 21.5. The summed E-state index contributed by atoms with van der Waals surface area (Å²) in [5, 5.41) is 10.9. The van der Waals surface area contributed by atoms with Crippen molar-refractivity contribution in [1.82, 2.24) is 14.8 Å². The van der Waals surface area contributed by atoms with E-state index in [2.05, 4.69) is 37.6 Å². The van der Waals surface area contributed by atoms with Gasteiger partial charge >= 0.3 is 0 Å². The maximum Gasteiger partial charge on any atom is 0.289 e. The van der Waals surface area contributed by atoms with E-state index in [0.29, 0.717) is 37.5 Å². The molecule has 29 heavy (non-hydrogen) atoms. The Hall–Kier alpha value is -2.25. The van der Waals surface area contributed by atoms with Crippen molar-refractivity contribution in [2.75, 3.05) is 13.1 Å². The van der Waals surface area contributed by atoms with Gasteiger partial charge in [-0.1, -0.05) is 6.07 Å². The van der Waals surface area contributed by atoms with Crippen LogP contribution in [-0.2, 0) is 12.1 Å². The van der Waals surface area contributed by atoms with Crippen LogP contribution < -0.4 is 0 Å². The molecular weight excluding hydrogens is 373 g/mol. The number of hydrogen-bond donors (Lipinski definition) is 1. The van der Waals surface area contributed by atoms with Crippen molar-refractivity contribution in [3.05, 3.63) is 53.5 Å². The molecule has 0 saturated carbocycles. The van der Waals surface area contributed by atoms with Crippen molar-refractivity contribution in [3.63, 3.8) is 0 Å². The van der Waals surface area contributed by atoms with Crippen molar-refractivity contribution in [2.24, 2.45) is 0 Å². The molecule has 3 rings (SSSR count). The number of halogens is 1. The van der Waals surface area contributed by atoms with Crippen molar-refractivity contribution < 1.29 is 18.7 Å². The predicted octanol–water partition coefficient (Wildman–Crippen LogP) is 3.56. The second kappa shape index (κ2) is 8.63. The van der Waals surface area contributed by atoms with Crippen molar-refractivity contribution >= 4 is 5.91 Å². The van der Waals surface area contributed by atoms with Gasteiger partial charge in [-0.15, -0.1) is 0 Å². The van der Waals surface area contributed by atoms with Crippen molar-refractivity contribution in [3.8, 4) is 0 Å². The highest BCUT2D eigenvalue weighted by atomic mass is 19.1. The Morgan fingerprint density at radius 1 is 1.24 bits per heavy atom. The minimum absolute atomic E-state index is 0.190. The molecule has 0 radical (unpaired) electrons. The minimum Gasteiger partial charge on any atom is -0.455 e. The Balaban J connectivity index is 1.64. The van der Waals surface area contributed by atoms with Gasteiger partial charge in [0.2, 0.25) is 5.95 Å². The number of carbonyl (C=O) groups is 1. The van der Waals surface area contributed by atoms with E-state index >= 15 is 0 Å². The molecule has 1 saturated heterocycles. The minimum atomic E-state index is -1.31. The zero-order valence-corrected chi connectivity index (χ0v) is 17.6. The summed E-state index contributed by atoms with van der Waals surface area (Å²) in [6.07, 6.45) is 1.86. The van der Waals surface area contributed by atoms with Crippen LogP contribution >= 0.6 is 0 Å². The number of amides is 1. The number of nitrogens with zero attached hydrogens (tertiary/aromatic N) is 3. The van der Waals surface area contributed by atoms with Gasteiger partial charge in [0.05, 0.1) is 12.1 Å². The van der Waals surface area contributed by atoms with Crippen LogP contribution in [0.2, 0.25) is 0 Å². The van der Waals surface area contributed by atoms with Crippen LogP contribution in [-0.4, -0.2) is 51.0 Å². The monoisotopic (exact) mass is 403 g/mol. The van der Waals surface area contributed by atoms with Gasteiger partial charge in [0.15, 0.2) is 5.76 Å². The van der Waals surface area contributed by atoms with E-state index in [1.165, 1.54) is 6.20 Å². The van der Waals surface area contributed by atoms with Crippen molar-refractivity contribution in [1.29, 1.82) is 0 Å². The van der Waals surface area contributed by atoms with Crippen LogP contribution in [0.4, 0.5) is 4.39 Å². The molecule has 2 aromatic rings. The smallest absolute Gasteiger partial charge is 0.289 e. The van der Waals surface area contributed by atoms with Crippen LogP contribution in [0.1, 0.15) is 62.4 Å². The predicted molar refractivity (Wildman–Crippen MR) is 108 cm³/mol. The van der Waals surface area contributed by atoms with Gasteiger partial charge in [-0.2, -0.15) is 4.39 Å². The van der Waals surface area contributed by atoms with Gasteiger partial charge in [-0.25, -0.2) is 4.98 Å². The molecule has 1 aliphatic rings. The summed E-state index contributed by atoms with van der Waals surface area (Å²) < 4.78 is 19.8. The lowest BCUT2D eigenvalue weighted by Crippen LogP contribution is -2.45. The molecule has 0 bridgehead atoms. The maximum atomic E-state index is 14.0. The third kappa shape index (κ3) is 4.67. The first-order valence-corrected chi connectivity index (χ1v) is 10.2. The molecule has 1 N–H and O–H groups in total. The highest BCUT2D eigenvalue weighted by Gasteiger charge is 2.38. The number of furan rings is 1. The molecule has 0 spiro atoms. The van der Waals surface area contributed by atoms with Crippen molar-refractivity contribution in [2.45, 2.75) is 64.8 Å². The van der Waals surface area contributed by atoms with E-state index in [1.54, 1.807) is 23.1 Å². The first-order valence-electron chi connectivity index (χ1n) is 10.2. The van der Waals surface area contributed by atoms with Gasteiger partial charge in [0.25, 0.3) is 5.91 Å². The molecule has 158 valence electrons. The number of hydrogen-bond acceptors (Lipinski definition) is 5. The van der Waals surface area contributed by atoms with Gasteiger partial charge in [-0.3, -0.25) is 9.69 Å². The Kier molecular flexibility index (Phi) is 6.39. The lowest BCUT2D eigenvalue weighted by Gasteiger charge is -2.38. The van der Waals surface area contributed by atoms with E-state index < -0.39 is 11.5 Å². The van der Waals surface area contributed by atoms with Gasteiger partial charge in [0.1, 0.15) is 5.76 Å². The fraction of sp³-hybridized carbons (Fsp3) is 0.545. The second-order valence-electron chi connectivity index (χ2n) is 8.29. The molecule has 3 heterocycles. The number of carbonyl (C=O) groups excluding carboxylic acids is 1. The van der Waals surface area contributed by atoms with Crippen LogP contribution in [0.3, 0.4) is 0 Å². The number of likely N-dealkylation sites (tertiary alicyclic amines) is 1. The average Bonchev–Trinajstić information content (AvgIpc) is 3.14. The van der Waals surface area contributed by atoms with Gasteiger partial charge < -0.3 is 14.4 Å². The fourth-order valence-corrected chi connectivity index (χ4v) is 3.96. The summed E-state index contributed by atoms with van der Waals surface area (Å²) in [4.78, 5) is 20.4. The van der Waals surface area contributed by atoms with Gasteiger partial charge in [0, 0.05) is 36.9 Å². The zero-order chi connectivity index (χ0) is 21.2. The summed E-state index contributed by atoms with van der Waals surface area (Å²) in [6.45, 7) is 9.82. The standard InChI is InChI=1S/C22H30FN3O3/c1-15(2)26(16(3)4)14-17-7-8-19(29-17)21(27)25-12-9-22(28,10-13-25)18-6-5-11-24-20(18)23/h5-8,11,15-16,28H,9-10,12-14H2,1-4H3. The highest BCUT2D eigenvalue weighted by Crippen LogP contribution is 2.34. The van der Waals surface area contributed by atoms with E-state index in [0.717, 1.165) is 5.76 Å². The summed E-state index contributed by atoms with van der Waals surface area (Å²) in [5.74, 6) is 0.183. The Labute approximate surface area is 171 Å². The zero-order valence-electron chi connectivity index (χ0n) is 17.6. The van der Waals surface area contributed by atoms with Crippen LogP contribution in [0.25, 0.3) is 0 Å².